The van der Waals surface area contributed by atoms with Gasteiger partial charge in [-0.25, -0.2) is 0 Å². The number of rotatable bonds is 4. The molecule has 1 aromatic carbocycles. The van der Waals surface area contributed by atoms with Gasteiger partial charge in [-0.1, -0.05) is 18.6 Å². The number of para-hydroxylation sites is 1. The summed E-state index contributed by atoms with van der Waals surface area (Å²) in [6.45, 7) is 0.333. The number of nitrogens with one attached hydrogen (secondary N) is 3. The molecule has 1 aromatic rings. The lowest BCUT2D eigenvalue weighted by Crippen LogP contribution is -2.61. The van der Waals surface area contributed by atoms with E-state index in [0.717, 1.165) is 25.3 Å². The van der Waals surface area contributed by atoms with Crippen LogP contribution in [-0.2, 0) is 15.8 Å². The minimum Gasteiger partial charge on any atom is -0.354 e. The molecule has 5 nitrogen and oxygen atoms in total. The van der Waals surface area contributed by atoms with Gasteiger partial charge in [-0.05, 0) is 30.4 Å². The third kappa shape index (κ3) is 3.78. The number of halogens is 3. The predicted octanol–water partition coefficient (Wildman–Crippen LogP) is 2.29. The molecule has 1 heterocycles. The van der Waals surface area contributed by atoms with Gasteiger partial charge in [-0.2, -0.15) is 13.2 Å². The molecule has 0 bridgehead atoms. The molecule has 25 heavy (non-hydrogen) atoms. The van der Waals surface area contributed by atoms with Gasteiger partial charge in [0.15, 0.2) is 0 Å². The second-order valence-corrected chi connectivity index (χ2v) is 6.72. The SMILES string of the molecule is O=C1CC2(CCC2)C(NCC(=O)Nc2ccccc2C(F)(F)F)CN1. The van der Waals surface area contributed by atoms with Gasteiger partial charge in [0.2, 0.25) is 11.8 Å². The van der Waals surface area contributed by atoms with Gasteiger partial charge >= 0.3 is 6.18 Å². The maximum Gasteiger partial charge on any atom is 0.418 e. The van der Waals surface area contributed by atoms with E-state index in [0.29, 0.717) is 13.0 Å². The maximum atomic E-state index is 13.0. The van der Waals surface area contributed by atoms with Gasteiger partial charge < -0.3 is 16.0 Å². The Kier molecular flexibility index (Phi) is 4.73. The smallest absolute Gasteiger partial charge is 0.354 e. The molecule has 8 heteroatoms. The van der Waals surface area contributed by atoms with Crippen LogP contribution in [0.1, 0.15) is 31.2 Å². The number of carbonyl (C=O) groups is 2. The van der Waals surface area contributed by atoms with Gasteiger partial charge in [-0.15, -0.1) is 0 Å². The van der Waals surface area contributed by atoms with Crippen molar-refractivity contribution < 1.29 is 22.8 Å². The van der Waals surface area contributed by atoms with Crippen molar-refractivity contribution in [3.63, 3.8) is 0 Å². The van der Waals surface area contributed by atoms with Crippen LogP contribution >= 0.6 is 0 Å². The van der Waals surface area contributed by atoms with E-state index in [1.54, 1.807) is 0 Å². The summed E-state index contributed by atoms with van der Waals surface area (Å²) in [7, 11) is 0. The average molecular weight is 355 g/mol. The second kappa shape index (κ2) is 6.67. The summed E-state index contributed by atoms with van der Waals surface area (Å²) in [6, 6.07) is 4.85. The third-order valence-electron chi connectivity index (χ3n) is 5.12. The molecule has 1 saturated heterocycles. The maximum absolute atomic E-state index is 13.0. The minimum absolute atomic E-state index is 0.0151. The Labute approximate surface area is 143 Å². The zero-order valence-electron chi connectivity index (χ0n) is 13.6. The summed E-state index contributed by atoms with van der Waals surface area (Å²) < 4.78 is 38.9. The first-order chi connectivity index (χ1) is 11.8. The zero-order chi connectivity index (χ0) is 18.1. The first-order valence-corrected chi connectivity index (χ1v) is 8.26. The Morgan fingerprint density at radius 1 is 1.28 bits per heavy atom. The van der Waals surface area contributed by atoms with E-state index in [2.05, 4.69) is 16.0 Å². The highest BCUT2D eigenvalue weighted by Crippen LogP contribution is 2.48. The first-order valence-electron chi connectivity index (χ1n) is 8.26. The molecule has 0 radical (unpaired) electrons. The van der Waals surface area contributed by atoms with Crippen molar-refractivity contribution in [3.05, 3.63) is 29.8 Å². The molecular formula is C17H20F3N3O2. The van der Waals surface area contributed by atoms with Crippen LogP contribution in [0.4, 0.5) is 18.9 Å². The zero-order valence-corrected chi connectivity index (χ0v) is 13.6. The summed E-state index contributed by atoms with van der Waals surface area (Å²) in [6.07, 6.45) is -1.19. The van der Waals surface area contributed by atoms with Crippen LogP contribution in [0, 0.1) is 5.41 Å². The standard InChI is InChI=1S/C17H20F3N3O2/c18-17(19,20)11-4-1-2-5-12(11)23-15(25)10-21-13-9-22-14(24)8-16(13)6-3-7-16/h1-2,4-5,13,21H,3,6-10H2,(H,22,24)(H,23,25). The molecule has 3 N–H and O–H groups in total. The summed E-state index contributed by atoms with van der Waals surface area (Å²) in [5.74, 6) is -0.524. The van der Waals surface area contributed by atoms with Crippen molar-refractivity contribution in [3.8, 4) is 0 Å². The lowest BCUT2D eigenvalue weighted by Gasteiger charge is -2.50. The van der Waals surface area contributed by atoms with Gasteiger partial charge in [-0.3, -0.25) is 9.59 Å². The lowest BCUT2D eigenvalue weighted by atomic mass is 9.60. The van der Waals surface area contributed by atoms with Crippen molar-refractivity contribution in [2.45, 2.75) is 37.9 Å². The molecule has 1 saturated carbocycles. The average Bonchev–Trinajstić information content (AvgIpc) is 2.51. The molecule has 1 aliphatic carbocycles. The van der Waals surface area contributed by atoms with E-state index in [9.17, 15) is 22.8 Å². The number of hydrogen-bond donors (Lipinski definition) is 3. The quantitative estimate of drug-likeness (QED) is 0.776. The molecule has 1 spiro atoms. The second-order valence-electron chi connectivity index (χ2n) is 6.72. The fraction of sp³-hybridized carbons (Fsp3) is 0.529. The van der Waals surface area contributed by atoms with Crippen LogP contribution in [0.5, 0.6) is 0 Å². The summed E-state index contributed by atoms with van der Waals surface area (Å²) in [5.41, 5.74) is -1.24. The highest BCUT2D eigenvalue weighted by molar-refractivity contribution is 5.93. The molecule has 2 fully saturated rings. The van der Waals surface area contributed by atoms with E-state index >= 15 is 0 Å². The summed E-state index contributed by atoms with van der Waals surface area (Å²) in [5, 5.41) is 8.20. The molecule has 1 unspecified atom stereocenters. The topological polar surface area (TPSA) is 70.2 Å². The fourth-order valence-electron chi connectivity index (χ4n) is 3.63. The molecule has 3 rings (SSSR count). The number of anilines is 1. The van der Waals surface area contributed by atoms with Crippen LogP contribution in [-0.4, -0.2) is 30.9 Å². The number of benzene rings is 1. The monoisotopic (exact) mass is 355 g/mol. The van der Waals surface area contributed by atoms with Gasteiger partial charge in [0.05, 0.1) is 17.8 Å². The van der Waals surface area contributed by atoms with Crippen molar-refractivity contribution in [2.75, 3.05) is 18.4 Å². The van der Waals surface area contributed by atoms with Crippen molar-refractivity contribution in [2.24, 2.45) is 5.41 Å². The van der Waals surface area contributed by atoms with Gasteiger partial charge in [0.1, 0.15) is 0 Å². The van der Waals surface area contributed by atoms with Crippen molar-refractivity contribution in [1.29, 1.82) is 0 Å². The minimum atomic E-state index is -4.53. The van der Waals surface area contributed by atoms with Crippen molar-refractivity contribution >= 4 is 17.5 Å². The molecule has 2 aliphatic rings. The Bertz CT molecular complexity index is 671. The largest absolute Gasteiger partial charge is 0.418 e. The first kappa shape index (κ1) is 17.7. The summed E-state index contributed by atoms with van der Waals surface area (Å²) in [4.78, 5) is 23.7. The van der Waals surface area contributed by atoms with E-state index in [-0.39, 0.29) is 29.6 Å². The Morgan fingerprint density at radius 2 is 2.00 bits per heavy atom. The summed E-state index contributed by atoms with van der Waals surface area (Å²) >= 11 is 0. The van der Waals surface area contributed by atoms with E-state index < -0.39 is 17.6 Å². The molecular weight excluding hydrogens is 335 g/mol. The number of hydrogen-bond acceptors (Lipinski definition) is 3. The predicted molar refractivity (Wildman–Crippen MR) is 85.8 cm³/mol. The van der Waals surface area contributed by atoms with Crippen LogP contribution in [0.25, 0.3) is 0 Å². The number of alkyl halides is 3. The van der Waals surface area contributed by atoms with E-state index in [1.165, 1.54) is 18.2 Å². The third-order valence-corrected chi connectivity index (χ3v) is 5.12. The number of amides is 2. The Hall–Kier alpha value is -2.09. The van der Waals surface area contributed by atoms with Crippen LogP contribution in [0.2, 0.25) is 0 Å². The number of piperidine rings is 1. The normalized spacial score (nSPS) is 22.2. The van der Waals surface area contributed by atoms with Crippen molar-refractivity contribution in [1.82, 2.24) is 10.6 Å². The molecule has 0 aromatic heterocycles. The molecule has 2 amide bonds. The highest BCUT2D eigenvalue weighted by Gasteiger charge is 2.47. The molecule has 1 atom stereocenters. The van der Waals surface area contributed by atoms with Gasteiger partial charge in [0.25, 0.3) is 0 Å². The molecule has 136 valence electrons. The number of carbonyl (C=O) groups excluding carboxylic acids is 2. The highest BCUT2D eigenvalue weighted by atomic mass is 19.4. The fourth-order valence-corrected chi connectivity index (χ4v) is 3.63. The Morgan fingerprint density at radius 3 is 2.64 bits per heavy atom. The molecule has 1 aliphatic heterocycles. The van der Waals surface area contributed by atoms with Crippen LogP contribution < -0.4 is 16.0 Å². The lowest BCUT2D eigenvalue weighted by molar-refractivity contribution is -0.137. The van der Waals surface area contributed by atoms with Gasteiger partial charge in [0, 0.05) is 19.0 Å². The van der Waals surface area contributed by atoms with Crippen LogP contribution in [0.3, 0.4) is 0 Å². The van der Waals surface area contributed by atoms with Crippen LogP contribution in [0.15, 0.2) is 24.3 Å². The van der Waals surface area contributed by atoms with E-state index in [1.807, 2.05) is 0 Å². The Balaban J connectivity index is 1.60. The van der Waals surface area contributed by atoms with E-state index in [4.69, 9.17) is 0 Å².